The maximum absolute atomic E-state index is 12.5. The zero-order valence-electron chi connectivity index (χ0n) is 27.7. The Hall–Kier alpha value is -4.17. The Morgan fingerprint density at radius 2 is 1.74 bits per heavy atom. The average molecular weight is 803 g/mol. The van der Waals surface area contributed by atoms with Crippen molar-refractivity contribution in [1.82, 2.24) is 34.5 Å². The minimum atomic E-state index is -5.56. The number of phosphoric acid groups is 2. The number of nitrogens with one attached hydrogen (secondary N) is 2. The molecule has 9 atom stereocenters. The molecule has 0 amide bonds. The molecule has 0 radical (unpaired) electrons. The second kappa shape index (κ2) is 15.2. The van der Waals surface area contributed by atoms with Crippen LogP contribution < -0.4 is 21.5 Å². The molecule has 0 spiro atoms. The third-order valence-corrected chi connectivity index (χ3v) is 11.1. The van der Waals surface area contributed by atoms with Gasteiger partial charge in [-0.1, -0.05) is 0 Å². The van der Waals surface area contributed by atoms with E-state index < -0.39 is 89.5 Å². The number of H-pyrrole nitrogens is 2. The van der Waals surface area contributed by atoms with E-state index in [9.17, 15) is 59.1 Å². The molecule has 27 heteroatoms. The molecule has 25 nitrogen and oxygen atoms in total. The highest BCUT2D eigenvalue weighted by atomic mass is 31.3. The summed E-state index contributed by atoms with van der Waals surface area (Å²) in [4.78, 5) is 65.3. The van der Waals surface area contributed by atoms with Gasteiger partial charge in [0.2, 0.25) is 5.52 Å². The lowest BCUT2D eigenvalue weighted by molar-refractivity contribution is -0.657. The molecular weight excluding hydrogens is 768 g/mol. The van der Waals surface area contributed by atoms with Crippen molar-refractivity contribution in [3.05, 3.63) is 56.8 Å². The van der Waals surface area contributed by atoms with Crippen molar-refractivity contribution in [2.24, 2.45) is 0 Å². The lowest BCUT2D eigenvalue weighted by Gasteiger charge is -2.24. The number of anilines is 1. The van der Waals surface area contributed by atoms with E-state index in [0.29, 0.717) is 11.1 Å². The number of rotatable bonds is 14. The van der Waals surface area contributed by atoms with Crippen LogP contribution in [-0.4, -0.2) is 125 Å². The summed E-state index contributed by atoms with van der Waals surface area (Å²) in [6.45, 7) is -1.54. The largest absolute Gasteiger partial charge is 0.481 e. The van der Waals surface area contributed by atoms with Gasteiger partial charge in [0.25, 0.3) is 5.56 Å². The maximum Gasteiger partial charge on any atom is 0.481 e. The van der Waals surface area contributed by atoms with Crippen molar-refractivity contribution < 1.29 is 72.2 Å². The lowest BCUT2D eigenvalue weighted by Crippen LogP contribution is -2.51. The predicted octanol–water partition coefficient (Wildman–Crippen LogP) is -3.77. The number of aryl methyl sites for hydroxylation is 1. The van der Waals surface area contributed by atoms with E-state index >= 15 is 0 Å². The summed E-state index contributed by atoms with van der Waals surface area (Å²) in [6.07, 6.45) is -10.1. The molecular formula is C27H34N9O16P2+. The molecule has 0 aliphatic carbocycles. The van der Waals surface area contributed by atoms with Crippen LogP contribution in [0.4, 0.5) is 5.82 Å². The van der Waals surface area contributed by atoms with E-state index in [1.54, 1.807) is 6.92 Å². The lowest BCUT2D eigenvalue weighted by atomic mass is 10.1. The van der Waals surface area contributed by atoms with Crippen LogP contribution in [0, 0.1) is 6.92 Å². The number of aromatic amines is 2. The van der Waals surface area contributed by atoms with Crippen LogP contribution in [0.2, 0.25) is 0 Å². The van der Waals surface area contributed by atoms with Crippen LogP contribution in [0.5, 0.6) is 0 Å². The van der Waals surface area contributed by atoms with E-state index in [2.05, 4.69) is 33.8 Å². The number of nitrogen functional groups attached to an aromatic ring is 1. The topological polar surface area (TPSA) is 385 Å². The summed E-state index contributed by atoms with van der Waals surface area (Å²) in [7, 11) is -11.1. The second-order valence-corrected chi connectivity index (χ2v) is 15.2. The molecule has 54 heavy (non-hydrogen) atoms. The Balaban J connectivity index is 1.08. The molecule has 6 rings (SSSR count). The van der Waals surface area contributed by atoms with Gasteiger partial charge in [-0.15, -0.1) is 0 Å². The number of benzene rings is 1. The number of imidazole rings is 1. The van der Waals surface area contributed by atoms with E-state index in [4.69, 9.17) is 15.0 Å². The standard InChI is InChI=1S/C27H33N9O16P2/c1-10-2-13-12(3-11(10)5-37)32-18-24(33-27(44)34-25(18)43)35(13)4-14(38)19(40)15(39)6-49-53(45,46)52-54(47,48)50-7-16-20(41)21(42)26(51-16)36-9-31-17-22(28)29-8-30-23(17)36/h2-3,8-9,14-16,19-21,26,37-42H,4-7H2,1H3,(H5,28,29,30,34,43,44,45,46,47,48)/p+1/t14-,15+,16+,19-,20+,21+,26+/m0/s1. The van der Waals surface area contributed by atoms with Crippen LogP contribution >= 0.6 is 15.6 Å². The van der Waals surface area contributed by atoms with Crippen molar-refractivity contribution in [1.29, 1.82) is 0 Å². The van der Waals surface area contributed by atoms with Crippen molar-refractivity contribution in [2.75, 3.05) is 18.9 Å². The SMILES string of the molecule is Cc1cc2c(cc1CO)nc1c(=O)[nH]c(=O)[nH]c1[n+]2C[C@H](O)[C@H](O)[C@H](O)COP(=O)(O)OP(=O)(O)OC[C@H]1O[C@@H](n2cnc3c(N)ncnc32)[C@H](O)[C@@H]1O. The number of aliphatic hydroxyl groups is 6. The normalized spacial score (nSPS) is 23.1. The second-order valence-electron chi connectivity index (χ2n) is 12.1. The minimum Gasteiger partial charge on any atom is -0.392 e. The molecule has 1 aromatic carbocycles. The first-order valence-electron chi connectivity index (χ1n) is 15.6. The van der Waals surface area contributed by atoms with Gasteiger partial charge in [0, 0.05) is 0 Å². The smallest absolute Gasteiger partial charge is 0.392 e. The molecule has 12 N–H and O–H groups in total. The quantitative estimate of drug-likeness (QED) is 0.0291. The number of hydrogen-bond donors (Lipinski definition) is 11. The van der Waals surface area contributed by atoms with Crippen LogP contribution in [0.15, 0.2) is 34.4 Å². The Labute approximate surface area is 300 Å². The van der Waals surface area contributed by atoms with Crippen LogP contribution in [0.3, 0.4) is 0 Å². The van der Waals surface area contributed by atoms with Crippen LogP contribution in [0.1, 0.15) is 17.4 Å². The van der Waals surface area contributed by atoms with E-state index in [1.807, 2.05) is 4.98 Å². The first-order valence-corrected chi connectivity index (χ1v) is 18.6. The van der Waals surface area contributed by atoms with Crippen LogP contribution in [0.25, 0.3) is 33.4 Å². The number of nitrogens with two attached hydrogens (primary N) is 1. The zero-order chi connectivity index (χ0) is 39.3. The summed E-state index contributed by atoms with van der Waals surface area (Å²) >= 11 is 0. The van der Waals surface area contributed by atoms with Gasteiger partial charge < -0.3 is 50.9 Å². The molecule has 2 unspecified atom stereocenters. The summed E-state index contributed by atoms with van der Waals surface area (Å²) in [5.41, 5.74) is 5.23. The predicted molar refractivity (Wildman–Crippen MR) is 178 cm³/mol. The fourth-order valence-corrected chi connectivity index (χ4v) is 7.81. The van der Waals surface area contributed by atoms with Gasteiger partial charge in [-0.25, -0.2) is 38.4 Å². The molecule has 292 valence electrons. The summed E-state index contributed by atoms with van der Waals surface area (Å²) in [5, 5.41) is 62.8. The van der Waals surface area contributed by atoms with E-state index in [0.717, 1.165) is 6.33 Å². The maximum atomic E-state index is 12.5. The van der Waals surface area contributed by atoms with Gasteiger partial charge in [-0.3, -0.25) is 23.4 Å². The van der Waals surface area contributed by atoms with Crippen molar-refractivity contribution in [3.8, 4) is 0 Å². The summed E-state index contributed by atoms with van der Waals surface area (Å²) in [5.74, 6) is 0.0244. The number of ether oxygens (including phenoxy) is 1. The Morgan fingerprint density at radius 3 is 2.46 bits per heavy atom. The molecule has 1 fully saturated rings. The average Bonchev–Trinajstić information content (AvgIpc) is 3.66. The van der Waals surface area contributed by atoms with Gasteiger partial charge in [0.15, 0.2) is 23.2 Å². The number of aliphatic hydroxyl groups excluding tert-OH is 6. The fourth-order valence-electron chi connectivity index (χ4n) is 5.72. The molecule has 1 saturated heterocycles. The first kappa shape index (κ1) is 39.5. The van der Waals surface area contributed by atoms with Gasteiger partial charge >= 0.3 is 27.0 Å². The Morgan fingerprint density at radius 1 is 1.02 bits per heavy atom. The van der Waals surface area contributed by atoms with Gasteiger partial charge in [-0.2, -0.15) is 9.29 Å². The van der Waals surface area contributed by atoms with Crippen molar-refractivity contribution in [3.63, 3.8) is 0 Å². The number of nitrogens with zero attached hydrogens (tertiary/aromatic N) is 6. The highest BCUT2D eigenvalue weighted by Gasteiger charge is 2.46. The zero-order valence-corrected chi connectivity index (χ0v) is 29.5. The molecule has 0 bridgehead atoms. The van der Waals surface area contributed by atoms with Gasteiger partial charge in [-0.05, 0) is 30.2 Å². The van der Waals surface area contributed by atoms with Gasteiger partial charge in [0.05, 0.1) is 26.1 Å². The Kier molecular flexibility index (Phi) is 11.1. The number of hydrogen-bond acceptors (Lipinski definition) is 19. The highest BCUT2D eigenvalue weighted by molar-refractivity contribution is 7.61. The third kappa shape index (κ3) is 7.95. The number of fused-ring (bicyclic) bond motifs is 3. The molecule has 0 saturated carbocycles. The first-order chi connectivity index (χ1) is 25.4. The molecule has 5 aromatic rings. The van der Waals surface area contributed by atoms with Crippen molar-refractivity contribution in [2.45, 2.75) is 62.9 Å². The summed E-state index contributed by atoms with van der Waals surface area (Å²) in [6, 6.07) is 3.01. The third-order valence-electron chi connectivity index (χ3n) is 8.47. The van der Waals surface area contributed by atoms with Crippen molar-refractivity contribution >= 4 is 54.8 Å². The van der Waals surface area contributed by atoms with Crippen LogP contribution in [-0.2, 0) is 40.4 Å². The van der Waals surface area contributed by atoms with E-state index in [-0.39, 0.29) is 45.8 Å². The molecule has 5 heterocycles. The molecule has 4 aromatic heterocycles. The number of phosphoric ester groups is 2. The molecule has 1 aliphatic rings. The van der Waals surface area contributed by atoms with E-state index in [1.165, 1.54) is 27.6 Å². The number of aromatic nitrogens is 8. The van der Waals surface area contributed by atoms with Gasteiger partial charge in [0.1, 0.15) is 60.5 Å². The monoisotopic (exact) mass is 802 g/mol. The Bertz CT molecular complexity index is 2430. The fraction of sp³-hybridized carbons (Fsp3) is 0.444. The minimum absolute atomic E-state index is 0.0244. The molecule has 1 aliphatic heterocycles. The summed E-state index contributed by atoms with van der Waals surface area (Å²) < 4.78 is 46.6. The highest BCUT2D eigenvalue weighted by Crippen LogP contribution is 2.60.